The minimum absolute atomic E-state index is 0.392. The molecule has 4 heteroatoms. The predicted molar refractivity (Wildman–Crippen MR) is 43.8 cm³/mol. The number of hydrogen-bond acceptors (Lipinski definition) is 2. The van der Waals surface area contributed by atoms with Crippen molar-refractivity contribution < 1.29 is 0 Å². The van der Waals surface area contributed by atoms with E-state index in [0.29, 0.717) is 4.99 Å². The van der Waals surface area contributed by atoms with E-state index < -0.39 is 0 Å². The third-order valence-corrected chi connectivity index (χ3v) is 1.46. The summed E-state index contributed by atoms with van der Waals surface area (Å²) in [5.74, 6) is 0. The minimum atomic E-state index is 0.392. The van der Waals surface area contributed by atoms with Gasteiger partial charge in [0.2, 0.25) is 0 Å². The van der Waals surface area contributed by atoms with Gasteiger partial charge >= 0.3 is 0 Å². The highest BCUT2D eigenvalue weighted by atomic mass is 32.1. The molecule has 1 aromatic rings. The summed E-state index contributed by atoms with van der Waals surface area (Å²) in [6, 6.07) is 1.86. The van der Waals surface area contributed by atoms with Gasteiger partial charge in [0.15, 0.2) is 0 Å². The Balaban J connectivity index is 3.15. The molecule has 0 amide bonds. The molecule has 1 heterocycles. The Morgan fingerprint density at radius 2 is 2.40 bits per heavy atom. The lowest BCUT2D eigenvalue weighted by atomic mass is 10.4. The molecule has 0 aliphatic carbocycles. The van der Waals surface area contributed by atoms with E-state index in [-0.39, 0.29) is 0 Å². The standard InChI is InChI=1S/C6H9N3S/c1-4-3-5(6(7)10)9(2)8-4/h3H,1-2H3,(H2,7,10). The van der Waals surface area contributed by atoms with Crippen LogP contribution in [0, 0.1) is 6.92 Å². The zero-order valence-electron chi connectivity index (χ0n) is 5.96. The topological polar surface area (TPSA) is 43.8 Å². The van der Waals surface area contributed by atoms with E-state index in [2.05, 4.69) is 5.10 Å². The van der Waals surface area contributed by atoms with Gasteiger partial charge in [-0.25, -0.2) is 0 Å². The minimum Gasteiger partial charge on any atom is -0.388 e. The first-order chi connectivity index (χ1) is 4.61. The van der Waals surface area contributed by atoms with Crippen molar-refractivity contribution >= 4 is 17.2 Å². The smallest absolute Gasteiger partial charge is 0.122 e. The van der Waals surface area contributed by atoms with E-state index in [1.165, 1.54) is 0 Å². The van der Waals surface area contributed by atoms with E-state index >= 15 is 0 Å². The Bertz CT molecular complexity index is 264. The van der Waals surface area contributed by atoms with Crippen LogP contribution in [0.15, 0.2) is 6.07 Å². The number of aryl methyl sites for hydroxylation is 2. The summed E-state index contributed by atoms with van der Waals surface area (Å²) in [4.78, 5) is 0.392. The fraction of sp³-hybridized carbons (Fsp3) is 0.333. The van der Waals surface area contributed by atoms with E-state index in [0.717, 1.165) is 11.4 Å². The second kappa shape index (κ2) is 2.38. The van der Waals surface area contributed by atoms with Crippen LogP contribution in [-0.2, 0) is 7.05 Å². The molecule has 0 aliphatic heterocycles. The average Bonchev–Trinajstić information content (AvgIpc) is 2.10. The Hall–Kier alpha value is -0.900. The summed E-state index contributed by atoms with van der Waals surface area (Å²) in [6.45, 7) is 1.90. The molecule has 0 atom stereocenters. The summed E-state index contributed by atoms with van der Waals surface area (Å²) >= 11 is 4.78. The van der Waals surface area contributed by atoms with E-state index in [1.807, 2.05) is 20.0 Å². The molecule has 3 nitrogen and oxygen atoms in total. The molecular formula is C6H9N3S. The van der Waals surface area contributed by atoms with Crippen LogP contribution < -0.4 is 5.73 Å². The summed E-state index contributed by atoms with van der Waals surface area (Å²) < 4.78 is 1.68. The van der Waals surface area contributed by atoms with Crippen LogP contribution >= 0.6 is 12.2 Å². The largest absolute Gasteiger partial charge is 0.388 e. The lowest BCUT2D eigenvalue weighted by molar-refractivity contribution is 0.750. The van der Waals surface area contributed by atoms with Crippen LogP contribution in [0.4, 0.5) is 0 Å². The predicted octanol–water partition coefficient (Wildman–Crippen LogP) is 0.363. The zero-order chi connectivity index (χ0) is 7.72. The van der Waals surface area contributed by atoms with Crippen LogP contribution in [0.1, 0.15) is 11.4 Å². The molecule has 1 aromatic heterocycles. The molecule has 0 saturated carbocycles. The summed E-state index contributed by atoms with van der Waals surface area (Å²) in [5, 5.41) is 4.08. The Morgan fingerprint density at radius 3 is 2.60 bits per heavy atom. The molecular weight excluding hydrogens is 146 g/mol. The van der Waals surface area contributed by atoms with Gasteiger partial charge in [-0.1, -0.05) is 12.2 Å². The van der Waals surface area contributed by atoms with Gasteiger partial charge in [0.1, 0.15) is 4.99 Å². The maximum absolute atomic E-state index is 5.40. The second-order valence-corrected chi connectivity index (χ2v) is 2.60. The molecule has 2 N–H and O–H groups in total. The Kier molecular flexibility index (Phi) is 1.72. The summed E-state index contributed by atoms with van der Waals surface area (Å²) in [5.41, 5.74) is 7.15. The fourth-order valence-corrected chi connectivity index (χ4v) is 1.03. The molecule has 0 aliphatic rings. The molecule has 0 spiro atoms. The number of nitrogens with two attached hydrogens (primary N) is 1. The quantitative estimate of drug-likeness (QED) is 0.596. The fourth-order valence-electron chi connectivity index (χ4n) is 0.841. The highest BCUT2D eigenvalue weighted by Crippen LogP contribution is 2.00. The summed E-state index contributed by atoms with van der Waals surface area (Å²) in [6.07, 6.45) is 0. The molecule has 0 aromatic carbocycles. The van der Waals surface area contributed by atoms with Gasteiger partial charge in [0.25, 0.3) is 0 Å². The Morgan fingerprint density at radius 1 is 1.80 bits per heavy atom. The van der Waals surface area contributed by atoms with Crippen molar-refractivity contribution in [3.63, 3.8) is 0 Å². The first-order valence-corrected chi connectivity index (χ1v) is 3.32. The van der Waals surface area contributed by atoms with E-state index in [9.17, 15) is 0 Å². The van der Waals surface area contributed by atoms with Crippen molar-refractivity contribution in [1.82, 2.24) is 9.78 Å². The molecule has 1 rings (SSSR count). The van der Waals surface area contributed by atoms with Crippen molar-refractivity contribution in [2.45, 2.75) is 6.92 Å². The van der Waals surface area contributed by atoms with Gasteiger partial charge in [-0.2, -0.15) is 5.10 Å². The average molecular weight is 155 g/mol. The van der Waals surface area contributed by atoms with E-state index in [1.54, 1.807) is 4.68 Å². The Labute approximate surface area is 64.8 Å². The molecule has 0 saturated heterocycles. The van der Waals surface area contributed by atoms with Gasteiger partial charge < -0.3 is 5.73 Å². The number of aromatic nitrogens is 2. The van der Waals surface area contributed by atoms with Crippen molar-refractivity contribution in [3.8, 4) is 0 Å². The van der Waals surface area contributed by atoms with Crippen LogP contribution in [0.5, 0.6) is 0 Å². The van der Waals surface area contributed by atoms with Gasteiger partial charge in [-0.3, -0.25) is 4.68 Å². The normalized spacial score (nSPS) is 9.80. The van der Waals surface area contributed by atoms with Gasteiger partial charge in [0.05, 0.1) is 11.4 Å². The molecule has 0 unspecified atom stereocenters. The van der Waals surface area contributed by atoms with Crippen molar-refractivity contribution in [2.75, 3.05) is 0 Å². The number of nitrogens with zero attached hydrogens (tertiary/aromatic N) is 2. The zero-order valence-corrected chi connectivity index (χ0v) is 6.77. The van der Waals surface area contributed by atoms with Crippen molar-refractivity contribution in [2.24, 2.45) is 12.8 Å². The lowest BCUT2D eigenvalue weighted by Crippen LogP contribution is -2.14. The molecule has 0 bridgehead atoms. The molecule has 10 heavy (non-hydrogen) atoms. The number of thiocarbonyl (C=S) groups is 1. The number of rotatable bonds is 1. The van der Waals surface area contributed by atoms with E-state index in [4.69, 9.17) is 18.0 Å². The first-order valence-electron chi connectivity index (χ1n) is 2.91. The molecule has 0 fully saturated rings. The lowest BCUT2D eigenvalue weighted by Gasteiger charge is -1.95. The van der Waals surface area contributed by atoms with Gasteiger partial charge in [-0.15, -0.1) is 0 Å². The second-order valence-electron chi connectivity index (χ2n) is 2.16. The van der Waals surface area contributed by atoms with Crippen LogP contribution in [-0.4, -0.2) is 14.8 Å². The molecule has 54 valence electrons. The van der Waals surface area contributed by atoms with Gasteiger partial charge in [-0.05, 0) is 13.0 Å². The first kappa shape index (κ1) is 7.21. The highest BCUT2D eigenvalue weighted by molar-refractivity contribution is 7.80. The van der Waals surface area contributed by atoms with Crippen molar-refractivity contribution in [3.05, 3.63) is 17.5 Å². The highest BCUT2D eigenvalue weighted by Gasteiger charge is 2.02. The third-order valence-electron chi connectivity index (χ3n) is 1.25. The van der Waals surface area contributed by atoms with Crippen molar-refractivity contribution in [1.29, 1.82) is 0 Å². The third kappa shape index (κ3) is 1.16. The summed E-state index contributed by atoms with van der Waals surface area (Å²) in [7, 11) is 1.82. The van der Waals surface area contributed by atoms with Crippen LogP contribution in [0.3, 0.4) is 0 Å². The van der Waals surface area contributed by atoms with Crippen LogP contribution in [0.25, 0.3) is 0 Å². The number of hydrogen-bond donors (Lipinski definition) is 1. The monoisotopic (exact) mass is 155 g/mol. The van der Waals surface area contributed by atoms with Gasteiger partial charge in [0, 0.05) is 7.05 Å². The maximum atomic E-state index is 5.40. The SMILES string of the molecule is Cc1cc(C(N)=S)n(C)n1. The maximum Gasteiger partial charge on any atom is 0.122 e. The van der Waals surface area contributed by atoms with Crippen LogP contribution in [0.2, 0.25) is 0 Å². The molecule has 0 radical (unpaired) electrons.